The highest BCUT2D eigenvalue weighted by Crippen LogP contribution is 2.10. The summed E-state index contributed by atoms with van der Waals surface area (Å²) in [6.07, 6.45) is 12.8. The van der Waals surface area contributed by atoms with Crippen LogP contribution in [0.2, 0.25) is 0 Å². The van der Waals surface area contributed by atoms with Crippen LogP contribution < -0.4 is 4.89 Å². The third kappa shape index (κ3) is 16.0. The van der Waals surface area contributed by atoms with Gasteiger partial charge in [-0.25, -0.2) is 4.21 Å². The molecule has 1 atom stereocenters. The maximum absolute atomic E-state index is 10.2. The van der Waals surface area contributed by atoms with Crippen molar-refractivity contribution in [2.24, 2.45) is 0 Å². The van der Waals surface area contributed by atoms with E-state index in [0.717, 1.165) is 12.8 Å². The Balaban J connectivity index is 2.91. The first kappa shape index (κ1) is 17.0. The summed E-state index contributed by atoms with van der Waals surface area (Å²) < 4.78 is 18.5. The Morgan fingerprint density at radius 3 is 1.88 bits per heavy atom. The van der Waals surface area contributed by atoms with Gasteiger partial charge in [0.05, 0.1) is 6.61 Å². The second-order valence-corrected chi connectivity index (χ2v) is 5.03. The number of unbranched alkanes of at least 4 members (excludes halogenated alkanes) is 9. The zero-order chi connectivity index (χ0) is 12.8. The molecule has 0 aliphatic heterocycles. The van der Waals surface area contributed by atoms with E-state index < -0.39 is 11.3 Å². The van der Waals surface area contributed by atoms with E-state index in [2.05, 4.69) is 6.92 Å². The normalized spacial score (nSPS) is 12.8. The molecule has 0 saturated carbocycles. The molecule has 1 unspecified atom stereocenters. The van der Waals surface area contributed by atoms with E-state index in [1.165, 1.54) is 51.4 Å². The van der Waals surface area contributed by atoms with Crippen LogP contribution in [0.15, 0.2) is 0 Å². The van der Waals surface area contributed by atoms with Crippen LogP contribution in [0, 0.1) is 0 Å². The molecular formula is C12H27NO3S. The largest absolute Gasteiger partial charge is 0.292 e. The van der Waals surface area contributed by atoms with Gasteiger partial charge in [-0.05, 0) is 6.42 Å². The highest BCUT2D eigenvalue weighted by molar-refractivity contribution is 7.76. The molecule has 0 aromatic carbocycles. The van der Waals surface area contributed by atoms with Crippen molar-refractivity contribution < 1.29 is 13.6 Å². The number of hydrogen-bond acceptors (Lipinski definition) is 2. The van der Waals surface area contributed by atoms with Crippen molar-refractivity contribution in [3.8, 4) is 0 Å². The summed E-state index contributed by atoms with van der Waals surface area (Å²) in [5.41, 5.74) is 0. The topological polar surface area (TPSA) is 58.6 Å². The van der Waals surface area contributed by atoms with Crippen LogP contribution in [-0.4, -0.2) is 15.4 Å². The molecule has 0 aliphatic rings. The molecular weight excluding hydrogens is 238 g/mol. The smallest absolute Gasteiger partial charge is 0.256 e. The van der Waals surface area contributed by atoms with Crippen molar-refractivity contribution in [3.63, 3.8) is 0 Å². The second kappa shape index (κ2) is 14.1. The first-order chi connectivity index (χ1) is 8.27. The lowest BCUT2D eigenvalue weighted by atomic mass is 10.1. The van der Waals surface area contributed by atoms with Crippen LogP contribution in [0.5, 0.6) is 0 Å². The van der Waals surface area contributed by atoms with Crippen molar-refractivity contribution >= 4 is 11.3 Å². The van der Waals surface area contributed by atoms with Gasteiger partial charge in [0.15, 0.2) is 0 Å². The van der Waals surface area contributed by atoms with Crippen LogP contribution in [0.1, 0.15) is 71.1 Å². The van der Waals surface area contributed by atoms with E-state index in [-0.39, 0.29) is 0 Å². The minimum Gasteiger partial charge on any atom is -0.292 e. The molecule has 104 valence electrons. The van der Waals surface area contributed by atoms with E-state index in [0.29, 0.717) is 6.61 Å². The van der Waals surface area contributed by atoms with E-state index in [1.54, 1.807) is 0 Å². The Kier molecular flexibility index (Phi) is 14.1. The van der Waals surface area contributed by atoms with Gasteiger partial charge in [0.25, 0.3) is 11.3 Å². The predicted molar refractivity (Wildman–Crippen MR) is 71.7 cm³/mol. The van der Waals surface area contributed by atoms with E-state index in [9.17, 15) is 4.21 Å². The van der Waals surface area contributed by atoms with Crippen LogP contribution >= 0.6 is 0 Å². The highest BCUT2D eigenvalue weighted by Gasteiger charge is 1.94. The SMILES string of the molecule is CCCCCCCCCCCCONS(=O)O. The quantitative estimate of drug-likeness (QED) is 0.304. The zero-order valence-corrected chi connectivity index (χ0v) is 11.8. The van der Waals surface area contributed by atoms with E-state index in [1.807, 2.05) is 4.89 Å². The Bertz CT molecular complexity index is 179. The van der Waals surface area contributed by atoms with Crippen LogP contribution in [0.25, 0.3) is 0 Å². The molecule has 0 heterocycles. The van der Waals surface area contributed by atoms with Gasteiger partial charge in [0, 0.05) is 0 Å². The third-order valence-corrected chi connectivity index (χ3v) is 2.99. The van der Waals surface area contributed by atoms with Crippen molar-refractivity contribution in [3.05, 3.63) is 0 Å². The summed E-state index contributed by atoms with van der Waals surface area (Å²) >= 11 is -2.05. The van der Waals surface area contributed by atoms with Gasteiger partial charge in [-0.2, -0.15) is 0 Å². The summed E-state index contributed by atoms with van der Waals surface area (Å²) in [6.45, 7) is 2.74. The van der Waals surface area contributed by atoms with E-state index in [4.69, 9.17) is 9.39 Å². The van der Waals surface area contributed by atoms with Gasteiger partial charge in [-0.3, -0.25) is 9.39 Å². The Labute approximate surface area is 108 Å². The third-order valence-electron chi connectivity index (χ3n) is 2.73. The van der Waals surface area contributed by atoms with Crippen LogP contribution in [0.4, 0.5) is 0 Å². The summed E-state index contributed by atoms with van der Waals surface area (Å²) in [4.78, 5) is 6.77. The summed E-state index contributed by atoms with van der Waals surface area (Å²) in [5.74, 6) is 0. The van der Waals surface area contributed by atoms with Gasteiger partial charge >= 0.3 is 0 Å². The lowest BCUT2D eigenvalue weighted by Crippen LogP contribution is -2.17. The maximum atomic E-state index is 10.2. The molecule has 0 amide bonds. The molecule has 0 fully saturated rings. The van der Waals surface area contributed by atoms with E-state index >= 15 is 0 Å². The standard InChI is InChI=1S/C12H27NO3S/c1-2-3-4-5-6-7-8-9-10-11-12-16-13-17(14)15/h13H,2-12H2,1H3,(H,14,15). The Morgan fingerprint density at radius 1 is 0.941 bits per heavy atom. The lowest BCUT2D eigenvalue weighted by Gasteiger charge is -2.03. The fraction of sp³-hybridized carbons (Fsp3) is 1.00. The van der Waals surface area contributed by atoms with Gasteiger partial charge in [0.1, 0.15) is 0 Å². The fourth-order valence-corrected chi connectivity index (χ4v) is 1.94. The van der Waals surface area contributed by atoms with Crippen molar-refractivity contribution in [2.75, 3.05) is 6.61 Å². The fourth-order valence-electron chi connectivity index (χ4n) is 1.75. The molecule has 5 heteroatoms. The predicted octanol–water partition coefficient (Wildman–Crippen LogP) is 3.57. The second-order valence-electron chi connectivity index (χ2n) is 4.36. The molecule has 0 spiro atoms. The molecule has 0 aromatic heterocycles. The monoisotopic (exact) mass is 265 g/mol. The maximum Gasteiger partial charge on any atom is 0.256 e. The molecule has 0 aromatic rings. The lowest BCUT2D eigenvalue weighted by molar-refractivity contribution is 0.0885. The van der Waals surface area contributed by atoms with Gasteiger partial charge < -0.3 is 0 Å². The van der Waals surface area contributed by atoms with Gasteiger partial charge in [-0.15, -0.1) is 0 Å². The molecule has 0 radical (unpaired) electrons. The Morgan fingerprint density at radius 2 is 1.41 bits per heavy atom. The molecule has 4 nitrogen and oxygen atoms in total. The number of hydrogen-bond donors (Lipinski definition) is 2. The van der Waals surface area contributed by atoms with Gasteiger partial charge in [0.2, 0.25) is 0 Å². The first-order valence-electron chi connectivity index (χ1n) is 6.75. The van der Waals surface area contributed by atoms with Crippen molar-refractivity contribution in [1.82, 2.24) is 4.89 Å². The summed E-state index contributed by atoms with van der Waals surface area (Å²) in [5, 5.41) is 0. The Hall–Kier alpha value is 0.0300. The molecule has 0 saturated heterocycles. The average molecular weight is 265 g/mol. The summed E-state index contributed by atoms with van der Waals surface area (Å²) in [6, 6.07) is 0. The molecule has 0 aliphatic carbocycles. The number of rotatable bonds is 13. The molecule has 2 N–H and O–H groups in total. The van der Waals surface area contributed by atoms with Crippen LogP contribution in [-0.2, 0) is 16.1 Å². The van der Waals surface area contributed by atoms with Crippen molar-refractivity contribution in [1.29, 1.82) is 0 Å². The average Bonchev–Trinajstić information content (AvgIpc) is 2.30. The summed E-state index contributed by atoms with van der Waals surface area (Å²) in [7, 11) is 0. The molecule has 17 heavy (non-hydrogen) atoms. The minimum absolute atomic E-state index is 0.503. The minimum atomic E-state index is -2.05. The molecule has 0 bridgehead atoms. The molecule has 0 rings (SSSR count). The van der Waals surface area contributed by atoms with Crippen LogP contribution in [0.3, 0.4) is 0 Å². The first-order valence-corrected chi connectivity index (χ1v) is 7.86. The zero-order valence-electron chi connectivity index (χ0n) is 11.0. The number of nitrogens with one attached hydrogen (secondary N) is 1. The highest BCUT2D eigenvalue weighted by atomic mass is 32.2. The van der Waals surface area contributed by atoms with Crippen molar-refractivity contribution in [2.45, 2.75) is 71.1 Å². The van der Waals surface area contributed by atoms with Gasteiger partial charge in [-0.1, -0.05) is 69.6 Å².